The largest absolute Gasteiger partial charge is 0.396 e. The third kappa shape index (κ3) is 3.95. The van der Waals surface area contributed by atoms with Gasteiger partial charge in [-0.25, -0.2) is 0 Å². The molecule has 90 valence electrons. The van der Waals surface area contributed by atoms with Crippen LogP contribution in [0.15, 0.2) is 18.2 Å². The molecule has 2 N–H and O–H groups in total. The Balaban J connectivity index is 2.50. The number of aliphatic hydroxyl groups excluding tert-OH is 1. The van der Waals surface area contributed by atoms with Gasteiger partial charge in [-0.1, -0.05) is 25.1 Å². The van der Waals surface area contributed by atoms with E-state index in [-0.39, 0.29) is 6.61 Å². The van der Waals surface area contributed by atoms with Crippen molar-refractivity contribution in [1.82, 2.24) is 5.32 Å². The second-order valence-electron chi connectivity index (χ2n) is 4.42. The van der Waals surface area contributed by atoms with Gasteiger partial charge in [0, 0.05) is 19.2 Å². The van der Waals surface area contributed by atoms with Gasteiger partial charge in [-0.15, -0.1) is 0 Å². The van der Waals surface area contributed by atoms with Gasteiger partial charge in [-0.3, -0.25) is 0 Å². The van der Waals surface area contributed by atoms with Crippen molar-refractivity contribution in [1.29, 1.82) is 0 Å². The Labute approximate surface area is 98.7 Å². The number of benzene rings is 1. The summed E-state index contributed by atoms with van der Waals surface area (Å²) in [6.45, 7) is 7.57. The van der Waals surface area contributed by atoms with E-state index < -0.39 is 0 Å². The average molecular weight is 221 g/mol. The second kappa shape index (κ2) is 6.66. The lowest BCUT2D eigenvalue weighted by molar-refractivity contribution is 0.262. The molecule has 0 aliphatic rings. The molecule has 0 saturated heterocycles. The Morgan fingerprint density at radius 2 is 2.00 bits per heavy atom. The minimum absolute atomic E-state index is 0.262. The summed E-state index contributed by atoms with van der Waals surface area (Å²) in [7, 11) is 0. The predicted molar refractivity (Wildman–Crippen MR) is 68.5 cm³/mol. The highest BCUT2D eigenvalue weighted by atomic mass is 16.3. The minimum Gasteiger partial charge on any atom is -0.396 e. The summed E-state index contributed by atoms with van der Waals surface area (Å²) in [5.74, 6) is 0. The first-order valence-electron chi connectivity index (χ1n) is 6.07. The van der Waals surface area contributed by atoms with Crippen molar-refractivity contribution < 1.29 is 5.11 Å². The van der Waals surface area contributed by atoms with Crippen molar-refractivity contribution in [2.75, 3.05) is 6.61 Å². The van der Waals surface area contributed by atoms with Crippen LogP contribution < -0.4 is 5.32 Å². The molecule has 0 saturated carbocycles. The highest BCUT2D eigenvalue weighted by Gasteiger charge is 2.04. The lowest BCUT2D eigenvalue weighted by Gasteiger charge is -2.16. The van der Waals surface area contributed by atoms with Crippen molar-refractivity contribution in [3.63, 3.8) is 0 Å². The van der Waals surface area contributed by atoms with E-state index >= 15 is 0 Å². The summed E-state index contributed by atoms with van der Waals surface area (Å²) in [4.78, 5) is 0. The molecule has 0 radical (unpaired) electrons. The summed E-state index contributed by atoms with van der Waals surface area (Å²) in [6.07, 6.45) is 1.90. The molecule has 1 atom stereocenters. The normalized spacial score (nSPS) is 12.8. The van der Waals surface area contributed by atoms with E-state index in [1.807, 2.05) is 0 Å². The predicted octanol–water partition coefficient (Wildman–Crippen LogP) is 2.55. The van der Waals surface area contributed by atoms with Crippen molar-refractivity contribution in [2.45, 2.75) is 46.2 Å². The SMILES string of the molecule is CCC(CCO)NCc1ccc(C)c(C)c1. The molecule has 0 aliphatic carbocycles. The molecule has 2 nitrogen and oxygen atoms in total. The van der Waals surface area contributed by atoms with E-state index in [1.165, 1.54) is 16.7 Å². The molecule has 0 fully saturated rings. The highest BCUT2D eigenvalue weighted by molar-refractivity contribution is 5.29. The van der Waals surface area contributed by atoms with Gasteiger partial charge in [0.15, 0.2) is 0 Å². The lowest BCUT2D eigenvalue weighted by Crippen LogP contribution is -2.28. The maximum Gasteiger partial charge on any atom is 0.0445 e. The monoisotopic (exact) mass is 221 g/mol. The maximum absolute atomic E-state index is 8.91. The second-order valence-corrected chi connectivity index (χ2v) is 4.42. The van der Waals surface area contributed by atoms with Gasteiger partial charge in [-0.2, -0.15) is 0 Å². The molecule has 1 aromatic carbocycles. The van der Waals surface area contributed by atoms with Crippen molar-refractivity contribution >= 4 is 0 Å². The van der Waals surface area contributed by atoms with Crippen LogP contribution in [0.4, 0.5) is 0 Å². The fourth-order valence-electron chi connectivity index (χ4n) is 1.78. The van der Waals surface area contributed by atoms with Gasteiger partial charge in [-0.05, 0) is 43.4 Å². The Morgan fingerprint density at radius 1 is 1.25 bits per heavy atom. The number of aryl methyl sites for hydroxylation is 2. The number of nitrogens with one attached hydrogen (secondary N) is 1. The summed E-state index contributed by atoms with van der Waals surface area (Å²) >= 11 is 0. The number of rotatable bonds is 6. The van der Waals surface area contributed by atoms with Crippen LogP contribution in [-0.2, 0) is 6.54 Å². The van der Waals surface area contributed by atoms with E-state index in [0.717, 1.165) is 19.4 Å². The standard InChI is InChI=1S/C14H23NO/c1-4-14(7-8-16)15-10-13-6-5-11(2)12(3)9-13/h5-6,9,14-16H,4,7-8,10H2,1-3H3. The van der Waals surface area contributed by atoms with Gasteiger partial charge < -0.3 is 10.4 Å². The molecular formula is C14H23NO. The molecule has 2 heteroatoms. The average Bonchev–Trinajstić information content (AvgIpc) is 2.28. The zero-order valence-corrected chi connectivity index (χ0v) is 10.6. The number of hydrogen-bond acceptors (Lipinski definition) is 2. The molecule has 0 aromatic heterocycles. The molecule has 1 rings (SSSR count). The summed E-state index contributed by atoms with van der Waals surface area (Å²) < 4.78 is 0. The van der Waals surface area contributed by atoms with E-state index in [9.17, 15) is 0 Å². The summed E-state index contributed by atoms with van der Waals surface area (Å²) in [6, 6.07) is 6.99. The first-order valence-corrected chi connectivity index (χ1v) is 6.07. The van der Waals surface area contributed by atoms with Gasteiger partial charge in [0.05, 0.1) is 0 Å². The number of aliphatic hydroxyl groups is 1. The van der Waals surface area contributed by atoms with E-state index in [0.29, 0.717) is 6.04 Å². The van der Waals surface area contributed by atoms with Crippen molar-refractivity contribution in [3.05, 3.63) is 34.9 Å². The molecule has 0 aliphatic heterocycles. The molecule has 0 bridgehead atoms. The van der Waals surface area contributed by atoms with Crippen LogP contribution in [0, 0.1) is 13.8 Å². The lowest BCUT2D eigenvalue weighted by atomic mass is 10.1. The van der Waals surface area contributed by atoms with Gasteiger partial charge >= 0.3 is 0 Å². The Hall–Kier alpha value is -0.860. The topological polar surface area (TPSA) is 32.3 Å². The van der Waals surface area contributed by atoms with Gasteiger partial charge in [0.1, 0.15) is 0 Å². The fourth-order valence-corrected chi connectivity index (χ4v) is 1.78. The van der Waals surface area contributed by atoms with Crippen molar-refractivity contribution in [3.8, 4) is 0 Å². The Bertz CT molecular complexity index is 323. The fraction of sp³-hybridized carbons (Fsp3) is 0.571. The molecule has 1 aromatic rings. The van der Waals surface area contributed by atoms with Crippen LogP contribution in [0.3, 0.4) is 0 Å². The van der Waals surface area contributed by atoms with Crippen LogP contribution >= 0.6 is 0 Å². The molecular weight excluding hydrogens is 198 g/mol. The van der Waals surface area contributed by atoms with Crippen LogP contribution in [0.25, 0.3) is 0 Å². The van der Waals surface area contributed by atoms with Gasteiger partial charge in [0.25, 0.3) is 0 Å². The van der Waals surface area contributed by atoms with Crippen molar-refractivity contribution in [2.24, 2.45) is 0 Å². The summed E-state index contributed by atoms with van der Waals surface area (Å²) in [5.41, 5.74) is 4.00. The maximum atomic E-state index is 8.91. The highest BCUT2D eigenvalue weighted by Crippen LogP contribution is 2.10. The van der Waals surface area contributed by atoms with Crippen LogP contribution in [-0.4, -0.2) is 17.8 Å². The Kier molecular flexibility index (Phi) is 5.50. The zero-order valence-electron chi connectivity index (χ0n) is 10.6. The van der Waals surface area contributed by atoms with E-state index in [2.05, 4.69) is 44.3 Å². The molecule has 1 unspecified atom stereocenters. The third-order valence-corrected chi connectivity index (χ3v) is 3.14. The Morgan fingerprint density at radius 3 is 2.56 bits per heavy atom. The zero-order chi connectivity index (χ0) is 12.0. The first-order chi connectivity index (χ1) is 7.67. The molecule has 0 amide bonds. The number of hydrogen-bond donors (Lipinski definition) is 2. The molecule has 16 heavy (non-hydrogen) atoms. The van der Waals surface area contributed by atoms with Crippen LogP contribution in [0.5, 0.6) is 0 Å². The van der Waals surface area contributed by atoms with Crippen LogP contribution in [0.2, 0.25) is 0 Å². The van der Waals surface area contributed by atoms with Crippen LogP contribution in [0.1, 0.15) is 36.5 Å². The smallest absolute Gasteiger partial charge is 0.0445 e. The van der Waals surface area contributed by atoms with E-state index in [1.54, 1.807) is 0 Å². The molecule has 0 spiro atoms. The van der Waals surface area contributed by atoms with E-state index in [4.69, 9.17) is 5.11 Å². The minimum atomic E-state index is 0.262. The molecule has 0 heterocycles. The first kappa shape index (κ1) is 13.2. The summed E-state index contributed by atoms with van der Waals surface area (Å²) in [5, 5.41) is 12.4. The quantitative estimate of drug-likeness (QED) is 0.773. The third-order valence-electron chi connectivity index (χ3n) is 3.14. The van der Waals surface area contributed by atoms with Gasteiger partial charge in [0.2, 0.25) is 0 Å².